The van der Waals surface area contributed by atoms with Gasteiger partial charge in [0.15, 0.2) is 11.5 Å². The summed E-state index contributed by atoms with van der Waals surface area (Å²) in [6.45, 7) is 3.45. The predicted octanol–water partition coefficient (Wildman–Crippen LogP) is 3.27. The van der Waals surface area contributed by atoms with E-state index in [-0.39, 0.29) is 6.54 Å². The lowest BCUT2D eigenvalue weighted by molar-refractivity contribution is 0.297. The van der Waals surface area contributed by atoms with E-state index in [1.807, 2.05) is 49.4 Å². The van der Waals surface area contributed by atoms with Gasteiger partial charge in [0.05, 0.1) is 25.1 Å². The van der Waals surface area contributed by atoms with Crippen molar-refractivity contribution in [3.63, 3.8) is 0 Å². The van der Waals surface area contributed by atoms with Gasteiger partial charge in [-0.2, -0.15) is 0 Å². The number of rotatable bonds is 3. The predicted molar refractivity (Wildman–Crippen MR) is 118 cm³/mol. The molecule has 0 bridgehead atoms. The number of nitrogens with one attached hydrogen (secondary N) is 1. The lowest BCUT2D eigenvalue weighted by Gasteiger charge is -2.13. The maximum absolute atomic E-state index is 12.7. The Kier molecular flexibility index (Phi) is 4.78. The number of aryl methyl sites for hydroxylation is 1. The molecule has 5 rings (SSSR count). The third-order valence-corrected chi connectivity index (χ3v) is 5.39. The fourth-order valence-electron chi connectivity index (χ4n) is 3.81. The van der Waals surface area contributed by atoms with Gasteiger partial charge >= 0.3 is 5.69 Å². The summed E-state index contributed by atoms with van der Waals surface area (Å²) < 4.78 is 12.9. The molecule has 4 aromatic rings. The summed E-state index contributed by atoms with van der Waals surface area (Å²) in [4.78, 5) is 32.3. The number of fused-ring (bicyclic) bond motifs is 2. The van der Waals surface area contributed by atoms with Gasteiger partial charge in [0.1, 0.15) is 5.65 Å². The topological polar surface area (TPSA) is 86.2 Å². The third-order valence-electron chi connectivity index (χ3n) is 5.39. The number of nitrogens with zero attached hydrogens (tertiary/aromatic N) is 2. The zero-order chi connectivity index (χ0) is 21.4. The smallest absolute Gasteiger partial charge is 0.330 e. The van der Waals surface area contributed by atoms with Crippen LogP contribution in [0.15, 0.2) is 64.3 Å². The standard InChI is InChI=1S/C24H21N3O4/c1-15-3-6-17(7-4-15)18-9-10-25-22-21(18)23(28)26-24(29)27(22)14-16-5-8-19-20(13-16)31-12-2-11-30-19/h3-10,13H,2,11-12,14H2,1H3,(H,26,28,29). The average molecular weight is 415 g/mol. The third kappa shape index (κ3) is 3.59. The fourth-order valence-corrected chi connectivity index (χ4v) is 3.81. The number of hydrogen-bond donors (Lipinski definition) is 1. The largest absolute Gasteiger partial charge is 0.490 e. The molecule has 1 N–H and O–H groups in total. The number of pyridine rings is 1. The van der Waals surface area contributed by atoms with E-state index >= 15 is 0 Å². The molecule has 1 aliphatic rings. The van der Waals surface area contributed by atoms with Gasteiger partial charge < -0.3 is 9.47 Å². The van der Waals surface area contributed by atoms with Crippen LogP contribution < -0.4 is 20.7 Å². The second-order valence-corrected chi connectivity index (χ2v) is 7.60. The molecule has 0 aliphatic carbocycles. The van der Waals surface area contributed by atoms with Crippen molar-refractivity contribution in [1.29, 1.82) is 0 Å². The molecule has 0 atom stereocenters. The molecule has 7 heteroatoms. The summed E-state index contributed by atoms with van der Waals surface area (Å²) in [5.41, 5.74) is 3.00. The highest BCUT2D eigenvalue weighted by Crippen LogP contribution is 2.31. The molecule has 0 radical (unpaired) electrons. The Bertz CT molecular complexity index is 1390. The minimum absolute atomic E-state index is 0.243. The van der Waals surface area contributed by atoms with Crippen LogP contribution in [0.1, 0.15) is 17.5 Å². The van der Waals surface area contributed by atoms with Crippen LogP contribution >= 0.6 is 0 Å². The maximum atomic E-state index is 12.7. The molecule has 2 aromatic heterocycles. The van der Waals surface area contributed by atoms with E-state index in [1.165, 1.54) is 4.57 Å². The Morgan fingerprint density at radius 1 is 1.00 bits per heavy atom. The zero-order valence-electron chi connectivity index (χ0n) is 17.1. The van der Waals surface area contributed by atoms with Crippen molar-refractivity contribution >= 4 is 11.0 Å². The Labute approximate surface area is 177 Å². The summed E-state index contributed by atoms with van der Waals surface area (Å²) in [5.74, 6) is 1.35. The molecule has 0 amide bonds. The molecule has 0 saturated carbocycles. The van der Waals surface area contributed by atoms with E-state index in [1.54, 1.807) is 12.3 Å². The van der Waals surface area contributed by atoms with Crippen molar-refractivity contribution in [2.45, 2.75) is 19.9 Å². The van der Waals surface area contributed by atoms with Crippen molar-refractivity contribution in [1.82, 2.24) is 14.5 Å². The van der Waals surface area contributed by atoms with E-state index in [9.17, 15) is 9.59 Å². The molecule has 7 nitrogen and oxygen atoms in total. The first-order valence-corrected chi connectivity index (χ1v) is 10.2. The minimum Gasteiger partial charge on any atom is -0.490 e. The van der Waals surface area contributed by atoms with Crippen LogP contribution in [0.3, 0.4) is 0 Å². The Morgan fingerprint density at radius 3 is 2.58 bits per heavy atom. The number of benzene rings is 2. The molecule has 0 saturated heterocycles. The van der Waals surface area contributed by atoms with Crippen LogP contribution in [-0.4, -0.2) is 27.7 Å². The van der Waals surface area contributed by atoms with Crippen molar-refractivity contribution in [3.05, 3.63) is 86.7 Å². The van der Waals surface area contributed by atoms with E-state index < -0.39 is 11.2 Å². The van der Waals surface area contributed by atoms with Crippen LogP contribution in [0.5, 0.6) is 11.5 Å². The van der Waals surface area contributed by atoms with E-state index in [0.717, 1.165) is 28.7 Å². The number of aromatic nitrogens is 3. The van der Waals surface area contributed by atoms with Crippen LogP contribution in [-0.2, 0) is 6.54 Å². The van der Waals surface area contributed by atoms with Gasteiger partial charge in [-0.1, -0.05) is 35.9 Å². The van der Waals surface area contributed by atoms with Crippen LogP contribution in [0.2, 0.25) is 0 Å². The molecule has 3 heterocycles. The first kappa shape index (κ1) is 19.1. The summed E-state index contributed by atoms with van der Waals surface area (Å²) >= 11 is 0. The van der Waals surface area contributed by atoms with Gasteiger partial charge in [-0.3, -0.25) is 14.3 Å². The maximum Gasteiger partial charge on any atom is 0.330 e. The second-order valence-electron chi connectivity index (χ2n) is 7.60. The quantitative estimate of drug-likeness (QED) is 0.555. The molecule has 2 aromatic carbocycles. The molecule has 1 aliphatic heterocycles. The summed E-state index contributed by atoms with van der Waals surface area (Å²) in [6.07, 6.45) is 2.45. The van der Waals surface area contributed by atoms with Gasteiger partial charge in [0.25, 0.3) is 5.56 Å². The molecule has 0 unspecified atom stereocenters. The summed E-state index contributed by atoms with van der Waals surface area (Å²) in [5, 5.41) is 0.389. The molecule has 156 valence electrons. The first-order valence-electron chi connectivity index (χ1n) is 10.2. The van der Waals surface area contributed by atoms with Gasteiger partial charge in [-0.05, 0) is 41.8 Å². The van der Waals surface area contributed by atoms with Crippen molar-refractivity contribution in [2.24, 2.45) is 0 Å². The highest BCUT2D eigenvalue weighted by atomic mass is 16.5. The number of aromatic amines is 1. The van der Waals surface area contributed by atoms with Crippen molar-refractivity contribution in [3.8, 4) is 22.6 Å². The lowest BCUT2D eigenvalue weighted by atomic mass is 10.0. The molecule has 0 fully saturated rings. The monoisotopic (exact) mass is 415 g/mol. The lowest BCUT2D eigenvalue weighted by Crippen LogP contribution is -2.31. The summed E-state index contributed by atoms with van der Waals surface area (Å²) in [6, 6.07) is 15.3. The Morgan fingerprint density at radius 2 is 1.77 bits per heavy atom. The first-order chi connectivity index (χ1) is 15.1. The fraction of sp³-hybridized carbons (Fsp3) is 0.208. The van der Waals surface area contributed by atoms with Gasteiger partial charge in [-0.15, -0.1) is 0 Å². The number of ether oxygens (including phenoxy) is 2. The molecule has 31 heavy (non-hydrogen) atoms. The van der Waals surface area contributed by atoms with Crippen molar-refractivity contribution < 1.29 is 9.47 Å². The van der Waals surface area contributed by atoms with Crippen LogP contribution in [0.4, 0.5) is 0 Å². The zero-order valence-corrected chi connectivity index (χ0v) is 17.1. The molecular formula is C24H21N3O4. The van der Waals surface area contributed by atoms with Crippen molar-refractivity contribution in [2.75, 3.05) is 13.2 Å². The Balaban J connectivity index is 1.64. The van der Waals surface area contributed by atoms with Crippen LogP contribution in [0, 0.1) is 6.92 Å². The highest BCUT2D eigenvalue weighted by molar-refractivity contribution is 5.91. The SMILES string of the molecule is Cc1ccc(-c2ccnc3c2c(=O)[nH]c(=O)n3Cc2ccc3c(c2)OCCCO3)cc1. The van der Waals surface area contributed by atoms with Gasteiger partial charge in [0, 0.05) is 12.6 Å². The van der Waals surface area contributed by atoms with E-state index in [2.05, 4.69) is 9.97 Å². The normalized spacial score (nSPS) is 13.2. The van der Waals surface area contributed by atoms with E-state index in [4.69, 9.17) is 9.47 Å². The molecule has 0 spiro atoms. The van der Waals surface area contributed by atoms with Gasteiger partial charge in [-0.25, -0.2) is 9.78 Å². The van der Waals surface area contributed by atoms with E-state index in [0.29, 0.717) is 35.7 Å². The minimum atomic E-state index is -0.502. The second kappa shape index (κ2) is 7.75. The highest BCUT2D eigenvalue weighted by Gasteiger charge is 2.16. The van der Waals surface area contributed by atoms with Gasteiger partial charge in [0.2, 0.25) is 0 Å². The number of H-pyrrole nitrogens is 1. The molecular weight excluding hydrogens is 394 g/mol. The summed E-state index contributed by atoms with van der Waals surface area (Å²) in [7, 11) is 0. The average Bonchev–Trinajstić information content (AvgIpc) is 3.02. The Hall–Kier alpha value is -3.87. The van der Waals surface area contributed by atoms with Crippen LogP contribution in [0.25, 0.3) is 22.2 Å². The number of hydrogen-bond acceptors (Lipinski definition) is 5.